The molecule has 0 aliphatic heterocycles. The van der Waals surface area contributed by atoms with Crippen LogP contribution in [0, 0.1) is 6.92 Å². The topological polar surface area (TPSA) is 81.4 Å². The number of esters is 1. The van der Waals surface area contributed by atoms with Crippen LogP contribution in [0.1, 0.15) is 23.2 Å². The summed E-state index contributed by atoms with van der Waals surface area (Å²) in [7, 11) is 0. The molecule has 6 heteroatoms. The van der Waals surface area contributed by atoms with Crippen molar-refractivity contribution in [2.24, 2.45) is 0 Å². The lowest BCUT2D eigenvalue weighted by atomic mass is 10.0. The fourth-order valence-corrected chi connectivity index (χ4v) is 2.43. The Balaban J connectivity index is 1.71. The number of anilines is 1. The molecule has 0 unspecified atom stereocenters. The maximum absolute atomic E-state index is 12.4. The number of para-hydroxylation sites is 1. The first-order valence-corrected chi connectivity index (χ1v) is 8.14. The Morgan fingerprint density at radius 1 is 1.08 bits per heavy atom. The molecule has 0 saturated carbocycles. The first-order valence-electron chi connectivity index (χ1n) is 8.14. The predicted octanol–water partition coefficient (Wildman–Crippen LogP) is 3.83. The van der Waals surface area contributed by atoms with E-state index in [0.717, 1.165) is 11.1 Å². The van der Waals surface area contributed by atoms with Crippen LogP contribution in [0.4, 0.5) is 5.69 Å². The summed E-state index contributed by atoms with van der Waals surface area (Å²) in [5, 5.41) is 6.43. The third-order valence-electron chi connectivity index (χ3n) is 3.75. The van der Waals surface area contributed by atoms with Gasteiger partial charge in [0.2, 0.25) is 5.76 Å². The van der Waals surface area contributed by atoms with Gasteiger partial charge in [0.15, 0.2) is 6.10 Å². The Kier molecular flexibility index (Phi) is 5.12. The van der Waals surface area contributed by atoms with Crippen LogP contribution < -0.4 is 5.32 Å². The van der Waals surface area contributed by atoms with Gasteiger partial charge < -0.3 is 14.6 Å². The number of aryl methyl sites for hydroxylation is 1. The quantitative estimate of drug-likeness (QED) is 0.707. The molecule has 1 amide bonds. The average molecular weight is 350 g/mol. The Morgan fingerprint density at radius 2 is 1.77 bits per heavy atom. The monoisotopic (exact) mass is 350 g/mol. The Bertz CT molecular complexity index is 918. The van der Waals surface area contributed by atoms with E-state index in [0.29, 0.717) is 11.4 Å². The fourth-order valence-electron chi connectivity index (χ4n) is 2.43. The van der Waals surface area contributed by atoms with Crippen molar-refractivity contribution in [3.05, 3.63) is 72.1 Å². The molecular weight excluding hydrogens is 332 g/mol. The Hall–Kier alpha value is -3.41. The van der Waals surface area contributed by atoms with E-state index in [1.807, 2.05) is 48.5 Å². The summed E-state index contributed by atoms with van der Waals surface area (Å²) in [6.45, 7) is 3.19. The highest BCUT2D eigenvalue weighted by Crippen LogP contribution is 2.27. The molecule has 3 rings (SSSR count). The number of ether oxygens (including phenoxy) is 1. The third kappa shape index (κ3) is 3.97. The number of carbonyl (C=O) groups excluding carboxylic acids is 2. The molecule has 26 heavy (non-hydrogen) atoms. The van der Waals surface area contributed by atoms with E-state index >= 15 is 0 Å². The third-order valence-corrected chi connectivity index (χ3v) is 3.75. The maximum atomic E-state index is 12.4. The Morgan fingerprint density at radius 3 is 2.46 bits per heavy atom. The number of carbonyl (C=O) groups is 2. The van der Waals surface area contributed by atoms with Crippen molar-refractivity contribution in [3.63, 3.8) is 0 Å². The van der Waals surface area contributed by atoms with Gasteiger partial charge in [-0.15, -0.1) is 0 Å². The van der Waals surface area contributed by atoms with E-state index < -0.39 is 18.0 Å². The minimum Gasteiger partial charge on any atom is -0.447 e. The molecule has 0 aliphatic rings. The number of nitrogens with zero attached hydrogens (tertiary/aromatic N) is 1. The zero-order valence-corrected chi connectivity index (χ0v) is 14.4. The van der Waals surface area contributed by atoms with Crippen LogP contribution in [0.15, 0.2) is 65.2 Å². The molecule has 1 atom stereocenters. The van der Waals surface area contributed by atoms with Crippen molar-refractivity contribution in [1.29, 1.82) is 0 Å². The number of benzene rings is 2. The summed E-state index contributed by atoms with van der Waals surface area (Å²) in [5.41, 5.74) is 3.06. The van der Waals surface area contributed by atoms with Crippen LogP contribution in [0.3, 0.4) is 0 Å². The van der Waals surface area contributed by atoms with Crippen molar-refractivity contribution in [2.45, 2.75) is 20.0 Å². The first-order chi connectivity index (χ1) is 12.5. The number of nitrogens with one attached hydrogen (secondary N) is 1. The summed E-state index contributed by atoms with van der Waals surface area (Å²) in [5.74, 6) is -1.20. The van der Waals surface area contributed by atoms with Gasteiger partial charge in [0.05, 0.1) is 5.69 Å². The van der Waals surface area contributed by atoms with E-state index in [1.165, 1.54) is 13.0 Å². The number of aromatic nitrogens is 1. The van der Waals surface area contributed by atoms with E-state index in [-0.39, 0.29) is 5.76 Å². The van der Waals surface area contributed by atoms with Crippen molar-refractivity contribution in [2.75, 3.05) is 5.32 Å². The van der Waals surface area contributed by atoms with Gasteiger partial charge in [-0.2, -0.15) is 0 Å². The lowest BCUT2D eigenvalue weighted by molar-refractivity contribution is -0.123. The highest BCUT2D eigenvalue weighted by Gasteiger charge is 2.22. The van der Waals surface area contributed by atoms with Crippen LogP contribution in [-0.2, 0) is 9.53 Å². The van der Waals surface area contributed by atoms with Crippen LogP contribution in [0.25, 0.3) is 11.1 Å². The van der Waals surface area contributed by atoms with E-state index in [2.05, 4.69) is 10.5 Å². The Labute approximate surface area is 150 Å². The maximum Gasteiger partial charge on any atom is 0.377 e. The summed E-state index contributed by atoms with van der Waals surface area (Å²) in [4.78, 5) is 24.4. The molecule has 132 valence electrons. The van der Waals surface area contributed by atoms with Gasteiger partial charge in [-0.05, 0) is 25.5 Å². The number of hydrogen-bond acceptors (Lipinski definition) is 5. The minimum atomic E-state index is -0.989. The normalized spacial score (nSPS) is 11.6. The van der Waals surface area contributed by atoms with Crippen molar-refractivity contribution >= 4 is 17.6 Å². The van der Waals surface area contributed by atoms with Crippen LogP contribution >= 0.6 is 0 Å². The summed E-state index contributed by atoms with van der Waals surface area (Å²) >= 11 is 0. The fraction of sp³-hybridized carbons (Fsp3) is 0.150. The summed E-state index contributed by atoms with van der Waals surface area (Å²) < 4.78 is 9.99. The highest BCUT2D eigenvalue weighted by atomic mass is 16.6. The van der Waals surface area contributed by atoms with Gasteiger partial charge in [-0.1, -0.05) is 53.7 Å². The van der Waals surface area contributed by atoms with Crippen LogP contribution in [0.2, 0.25) is 0 Å². The molecule has 6 nitrogen and oxygen atoms in total. The van der Waals surface area contributed by atoms with Crippen molar-refractivity contribution < 1.29 is 18.8 Å². The van der Waals surface area contributed by atoms with Crippen LogP contribution in [-0.4, -0.2) is 23.1 Å². The van der Waals surface area contributed by atoms with Gasteiger partial charge in [0.25, 0.3) is 5.91 Å². The number of rotatable bonds is 5. The second-order valence-electron chi connectivity index (χ2n) is 5.78. The zero-order valence-electron chi connectivity index (χ0n) is 14.4. The van der Waals surface area contributed by atoms with Crippen molar-refractivity contribution in [3.8, 4) is 11.1 Å². The van der Waals surface area contributed by atoms with Gasteiger partial charge in [-0.3, -0.25) is 4.79 Å². The van der Waals surface area contributed by atoms with Crippen LogP contribution in [0.5, 0.6) is 0 Å². The van der Waals surface area contributed by atoms with Gasteiger partial charge in [-0.25, -0.2) is 4.79 Å². The van der Waals surface area contributed by atoms with Gasteiger partial charge in [0, 0.05) is 17.3 Å². The summed E-state index contributed by atoms with van der Waals surface area (Å²) in [6, 6.07) is 18.6. The molecule has 0 aliphatic carbocycles. The predicted molar refractivity (Wildman–Crippen MR) is 96.6 cm³/mol. The SMILES string of the molecule is Cc1cc(C(=O)O[C@H](C)C(=O)Nc2ccccc2-c2ccccc2)on1. The van der Waals surface area contributed by atoms with Gasteiger partial charge >= 0.3 is 5.97 Å². The standard InChI is InChI=1S/C20H18N2O4/c1-13-12-18(26-22-13)20(24)25-14(2)19(23)21-17-11-7-6-10-16(17)15-8-4-3-5-9-15/h3-12,14H,1-2H3,(H,21,23)/t14-/m1/s1. The largest absolute Gasteiger partial charge is 0.447 e. The molecule has 0 fully saturated rings. The average Bonchev–Trinajstić information content (AvgIpc) is 3.09. The molecule has 0 spiro atoms. The lowest BCUT2D eigenvalue weighted by Crippen LogP contribution is -2.30. The molecule has 0 saturated heterocycles. The molecule has 1 N–H and O–H groups in total. The molecule has 3 aromatic rings. The zero-order chi connectivity index (χ0) is 18.5. The number of hydrogen-bond donors (Lipinski definition) is 1. The minimum absolute atomic E-state index is 0.0353. The molecule has 1 aromatic heterocycles. The molecule has 0 radical (unpaired) electrons. The van der Waals surface area contributed by atoms with E-state index in [1.54, 1.807) is 13.0 Å². The first kappa shape index (κ1) is 17.4. The van der Waals surface area contributed by atoms with Gasteiger partial charge in [0.1, 0.15) is 0 Å². The molecule has 0 bridgehead atoms. The molecule has 1 heterocycles. The molecule has 2 aromatic carbocycles. The smallest absolute Gasteiger partial charge is 0.377 e. The van der Waals surface area contributed by atoms with E-state index in [9.17, 15) is 9.59 Å². The molecular formula is C20H18N2O4. The second-order valence-corrected chi connectivity index (χ2v) is 5.78. The highest BCUT2D eigenvalue weighted by molar-refractivity contribution is 5.99. The van der Waals surface area contributed by atoms with Crippen molar-refractivity contribution in [1.82, 2.24) is 5.16 Å². The lowest BCUT2D eigenvalue weighted by Gasteiger charge is -2.15. The summed E-state index contributed by atoms with van der Waals surface area (Å²) in [6.07, 6.45) is -0.989. The van der Waals surface area contributed by atoms with E-state index in [4.69, 9.17) is 9.26 Å². The number of amides is 1. The second kappa shape index (κ2) is 7.65.